The standard InChI is InChI=1S/C24H18FN3O2S2/c25-16-10-8-15(9-11-16)22(29)27-18-5-1-6-19-17(18)4-2-12-28(19)24(30)21-14-26-23(32-21)20-7-3-13-31-20/h1,3,5-11,13-14H,2,4,12H2,(H,27,29). The molecular formula is C24H18FN3O2S2. The van der Waals surface area contributed by atoms with E-state index in [1.165, 1.54) is 35.6 Å². The molecule has 8 heteroatoms. The van der Waals surface area contributed by atoms with Crippen LogP contribution in [0, 0.1) is 5.82 Å². The van der Waals surface area contributed by atoms with Gasteiger partial charge in [-0.05, 0) is 66.2 Å². The summed E-state index contributed by atoms with van der Waals surface area (Å²) in [5.74, 6) is -0.795. The predicted molar refractivity (Wildman–Crippen MR) is 126 cm³/mol. The van der Waals surface area contributed by atoms with Gasteiger partial charge in [0.1, 0.15) is 15.7 Å². The van der Waals surface area contributed by atoms with Crippen molar-refractivity contribution in [2.45, 2.75) is 12.8 Å². The lowest BCUT2D eigenvalue weighted by molar-refractivity contribution is 0.0987. The topological polar surface area (TPSA) is 62.3 Å². The second-order valence-electron chi connectivity index (χ2n) is 7.33. The molecule has 0 fully saturated rings. The third-order valence-electron chi connectivity index (χ3n) is 5.30. The molecule has 160 valence electrons. The number of nitrogens with zero attached hydrogens (tertiary/aromatic N) is 2. The monoisotopic (exact) mass is 463 g/mol. The van der Waals surface area contributed by atoms with Gasteiger partial charge in [0, 0.05) is 23.5 Å². The first-order valence-corrected chi connectivity index (χ1v) is 11.8. The van der Waals surface area contributed by atoms with Gasteiger partial charge < -0.3 is 10.2 Å². The normalized spacial score (nSPS) is 13.0. The van der Waals surface area contributed by atoms with E-state index in [0.717, 1.165) is 34.0 Å². The molecule has 0 unspecified atom stereocenters. The number of hydrogen-bond acceptors (Lipinski definition) is 5. The average Bonchev–Trinajstić information content (AvgIpc) is 3.51. The zero-order valence-corrected chi connectivity index (χ0v) is 18.5. The van der Waals surface area contributed by atoms with Gasteiger partial charge in [0.05, 0.1) is 11.1 Å². The minimum absolute atomic E-state index is 0.0896. The van der Waals surface area contributed by atoms with E-state index in [-0.39, 0.29) is 11.8 Å². The van der Waals surface area contributed by atoms with Gasteiger partial charge in [-0.2, -0.15) is 0 Å². The van der Waals surface area contributed by atoms with E-state index in [9.17, 15) is 14.0 Å². The number of anilines is 2. The highest BCUT2D eigenvalue weighted by molar-refractivity contribution is 7.22. The highest BCUT2D eigenvalue weighted by Crippen LogP contribution is 2.36. The van der Waals surface area contributed by atoms with Crippen molar-refractivity contribution in [3.05, 3.63) is 88.0 Å². The molecule has 0 bridgehead atoms. The summed E-state index contributed by atoms with van der Waals surface area (Å²) in [6.45, 7) is 0.605. The maximum absolute atomic E-state index is 13.3. The molecule has 5 rings (SSSR count). The van der Waals surface area contributed by atoms with E-state index in [2.05, 4.69) is 10.3 Å². The average molecular weight is 464 g/mol. The van der Waals surface area contributed by atoms with Gasteiger partial charge in [-0.15, -0.1) is 22.7 Å². The number of halogens is 1. The number of nitrogens with one attached hydrogen (secondary N) is 1. The number of carbonyl (C=O) groups is 2. The number of amides is 2. The van der Waals surface area contributed by atoms with Crippen molar-refractivity contribution in [3.8, 4) is 9.88 Å². The highest BCUT2D eigenvalue weighted by Gasteiger charge is 2.27. The fraction of sp³-hybridized carbons (Fsp3) is 0.125. The van der Waals surface area contributed by atoms with Crippen LogP contribution in [0.1, 0.15) is 32.0 Å². The Hall–Kier alpha value is -3.36. The molecule has 0 atom stereocenters. The first kappa shape index (κ1) is 20.5. The Morgan fingerprint density at radius 1 is 1.06 bits per heavy atom. The molecule has 1 aliphatic rings. The zero-order valence-electron chi connectivity index (χ0n) is 16.9. The molecule has 0 spiro atoms. The molecule has 4 aromatic rings. The number of thiophene rings is 1. The Kier molecular flexibility index (Phi) is 5.55. The summed E-state index contributed by atoms with van der Waals surface area (Å²) in [5.41, 5.74) is 2.76. The summed E-state index contributed by atoms with van der Waals surface area (Å²) < 4.78 is 13.2. The summed E-state index contributed by atoms with van der Waals surface area (Å²) in [5, 5.41) is 5.74. The summed E-state index contributed by atoms with van der Waals surface area (Å²) in [6, 6.07) is 14.9. The second kappa shape index (κ2) is 8.64. The van der Waals surface area contributed by atoms with Crippen LogP contribution in [0.5, 0.6) is 0 Å². The van der Waals surface area contributed by atoms with E-state index in [4.69, 9.17) is 0 Å². The Bertz CT molecular complexity index is 1280. The van der Waals surface area contributed by atoms with Crippen LogP contribution < -0.4 is 10.2 Å². The van der Waals surface area contributed by atoms with Gasteiger partial charge in [-0.25, -0.2) is 9.37 Å². The smallest absolute Gasteiger partial charge is 0.270 e. The maximum Gasteiger partial charge on any atom is 0.270 e. The molecule has 3 heterocycles. The Morgan fingerprint density at radius 3 is 2.69 bits per heavy atom. The summed E-state index contributed by atoms with van der Waals surface area (Å²) in [4.78, 5) is 33.8. The molecule has 0 aliphatic carbocycles. The van der Waals surface area contributed by atoms with Crippen molar-refractivity contribution in [2.24, 2.45) is 0 Å². The fourth-order valence-corrected chi connectivity index (χ4v) is 5.44. The number of carbonyl (C=O) groups excluding carboxylic acids is 2. The number of thiazole rings is 1. The summed E-state index contributed by atoms with van der Waals surface area (Å²) >= 11 is 2.98. The lowest BCUT2D eigenvalue weighted by Gasteiger charge is -2.30. The van der Waals surface area contributed by atoms with E-state index in [1.807, 2.05) is 35.7 Å². The minimum atomic E-state index is -0.391. The maximum atomic E-state index is 13.3. The van der Waals surface area contributed by atoms with Crippen LogP contribution in [-0.2, 0) is 6.42 Å². The molecule has 1 aliphatic heterocycles. The molecule has 2 amide bonds. The second-order valence-corrected chi connectivity index (χ2v) is 9.31. The molecule has 2 aromatic carbocycles. The van der Waals surface area contributed by atoms with Gasteiger partial charge in [-0.1, -0.05) is 12.1 Å². The van der Waals surface area contributed by atoms with E-state index in [1.54, 1.807) is 22.4 Å². The first-order valence-electron chi connectivity index (χ1n) is 10.1. The van der Waals surface area contributed by atoms with Crippen LogP contribution in [0.15, 0.2) is 66.2 Å². The van der Waals surface area contributed by atoms with Crippen LogP contribution in [0.4, 0.5) is 15.8 Å². The van der Waals surface area contributed by atoms with Gasteiger partial charge in [0.2, 0.25) is 0 Å². The van der Waals surface area contributed by atoms with E-state index >= 15 is 0 Å². The van der Waals surface area contributed by atoms with Gasteiger partial charge >= 0.3 is 0 Å². The molecule has 0 saturated heterocycles. The number of aromatic nitrogens is 1. The minimum Gasteiger partial charge on any atom is -0.322 e. The SMILES string of the molecule is O=C(Nc1cccc2c1CCCN2C(=O)c1cnc(-c2cccs2)s1)c1ccc(F)cc1. The third kappa shape index (κ3) is 3.94. The predicted octanol–water partition coefficient (Wildman–Crippen LogP) is 5.86. The van der Waals surface area contributed by atoms with Crippen LogP contribution in [0.25, 0.3) is 9.88 Å². The lowest BCUT2D eigenvalue weighted by Crippen LogP contribution is -2.35. The first-order chi connectivity index (χ1) is 15.6. The largest absolute Gasteiger partial charge is 0.322 e. The Balaban J connectivity index is 1.41. The molecular weight excluding hydrogens is 445 g/mol. The lowest BCUT2D eigenvalue weighted by atomic mass is 9.99. The van der Waals surface area contributed by atoms with Gasteiger partial charge in [0.25, 0.3) is 11.8 Å². The van der Waals surface area contributed by atoms with Crippen molar-refractivity contribution in [3.63, 3.8) is 0 Å². The van der Waals surface area contributed by atoms with Crippen LogP contribution in [-0.4, -0.2) is 23.3 Å². The molecule has 5 nitrogen and oxygen atoms in total. The van der Waals surface area contributed by atoms with E-state index < -0.39 is 5.82 Å². The molecule has 1 N–H and O–H groups in total. The quantitative estimate of drug-likeness (QED) is 0.413. The van der Waals surface area contributed by atoms with Crippen LogP contribution >= 0.6 is 22.7 Å². The molecule has 32 heavy (non-hydrogen) atoms. The van der Waals surface area contributed by atoms with Crippen LogP contribution in [0.3, 0.4) is 0 Å². The molecule has 0 radical (unpaired) electrons. The van der Waals surface area contributed by atoms with Gasteiger partial charge in [0.15, 0.2) is 0 Å². The summed E-state index contributed by atoms with van der Waals surface area (Å²) in [6.07, 6.45) is 3.18. The van der Waals surface area contributed by atoms with Crippen molar-refractivity contribution in [2.75, 3.05) is 16.8 Å². The van der Waals surface area contributed by atoms with Crippen LogP contribution in [0.2, 0.25) is 0 Å². The molecule has 0 saturated carbocycles. The highest BCUT2D eigenvalue weighted by atomic mass is 32.1. The fourth-order valence-electron chi connectivity index (χ4n) is 3.77. The van der Waals surface area contributed by atoms with Crippen molar-refractivity contribution in [1.29, 1.82) is 0 Å². The number of rotatable bonds is 4. The Morgan fingerprint density at radius 2 is 1.91 bits per heavy atom. The van der Waals surface area contributed by atoms with Crippen molar-refractivity contribution < 1.29 is 14.0 Å². The Labute approximate surface area is 192 Å². The van der Waals surface area contributed by atoms with Crippen molar-refractivity contribution >= 4 is 45.9 Å². The number of fused-ring (bicyclic) bond motifs is 1. The number of hydrogen-bond donors (Lipinski definition) is 1. The molecule has 2 aromatic heterocycles. The van der Waals surface area contributed by atoms with Crippen molar-refractivity contribution in [1.82, 2.24) is 4.98 Å². The third-order valence-corrected chi connectivity index (χ3v) is 7.32. The zero-order chi connectivity index (χ0) is 22.1. The van der Waals surface area contributed by atoms with Gasteiger partial charge in [-0.3, -0.25) is 9.59 Å². The van der Waals surface area contributed by atoms with E-state index in [0.29, 0.717) is 22.7 Å². The summed E-state index contributed by atoms with van der Waals surface area (Å²) in [7, 11) is 0. The number of benzene rings is 2.